The second-order valence-corrected chi connectivity index (χ2v) is 7.34. The SMILES string of the molecule is CCCNC(C1CCc2cccnc21)C1(C)CCCCC1. The van der Waals surface area contributed by atoms with Gasteiger partial charge in [0.1, 0.15) is 0 Å². The Bertz CT molecular complexity index is 462. The van der Waals surface area contributed by atoms with E-state index in [4.69, 9.17) is 4.98 Å². The molecule has 2 nitrogen and oxygen atoms in total. The van der Waals surface area contributed by atoms with Gasteiger partial charge in [-0.1, -0.05) is 39.2 Å². The Kier molecular flexibility index (Phi) is 4.63. The van der Waals surface area contributed by atoms with Gasteiger partial charge in [-0.25, -0.2) is 0 Å². The third kappa shape index (κ3) is 3.01. The number of hydrogen-bond acceptors (Lipinski definition) is 2. The summed E-state index contributed by atoms with van der Waals surface area (Å²) in [6, 6.07) is 4.98. The molecule has 0 radical (unpaired) electrons. The first-order valence-electron chi connectivity index (χ1n) is 8.92. The quantitative estimate of drug-likeness (QED) is 0.865. The smallest absolute Gasteiger partial charge is 0.0482 e. The molecule has 0 spiro atoms. The summed E-state index contributed by atoms with van der Waals surface area (Å²) < 4.78 is 0. The van der Waals surface area contributed by atoms with Crippen LogP contribution in [-0.4, -0.2) is 17.6 Å². The summed E-state index contributed by atoms with van der Waals surface area (Å²) in [7, 11) is 0. The van der Waals surface area contributed by atoms with E-state index in [0.717, 1.165) is 6.54 Å². The highest BCUT2D eigenvalue weighted by Gasteiger charge is 2.42. The van der Waals surface area contributed by atoms with Gasteiger partial charge in [-0.15, -0.1) is 0 Å². The molecule has 1 heterocycles. The molecular weight excluding hydrogens is 256 g/mol. The fourth-order valence-corrected chi connectivity index (χ4v) is 4.61. The Morgan fingerprint density at radius 2 is 2.14 bits per heavy atom. The summed E-state index contributed by atoms with van der Waals surface area (Å²) in [5.41, 5.74) is 3.33. The minimum Gasteiger partial charge on any atom is -0.313 e. The molecule has 0 amide bonds. The summed E-state index contributed by atoms with van der Waals surface area (Å²) in [6.45, 7) is 5.94. The zero-order valence-electron chi connectivity index (χ0n) is 13.7. The Hall–Kier alpha value is -0.890. The van der Waals surface area contributed by atoms with E-state index >= 15 is 0 Å². The molecule has 0 aromatic carbocycles. The lowest BCUT2D eigenvalue weighted by Gasteiger charge is -2.44. The topological polar surface area (TPSA) is 24.9 Å². The Morgan fingerprint density at radius 1 is 1.33 bits per heavy atom. The van der Waals surface area contributed by atoms with Gasteiger partial charge >= 0.3 is 0 Å². The van der Waals surface area contributed by atoms with Crippen molar-refractivity contribution in [2.75, 3.05) is 6.54 Å². The molecule has 1 saturated carbocycles. The number of aromatic nitrogens is 1. The molecule has 2 aliphatic carbocycles. The van der Waals surface area contributed by atoms with Gasteiger partial charge < -0.3 is 5.32 Å². The number of nitrogens with one attached hydrogen (secondary N) is 1. The van der Waals surface area contributed by atoms with Crippen LogP contribution in [0.4, 0.5) is 0 Å². The maximum absolute atomic E-state index is 4.76. The Balaban J connectivity index is 1.86. The van der Waals surface area contributed by atoms with E-state index < -0.39 is 0 Å². The third-order valence-electron chi connectivity index (χ3n) is 5.77. The summed E-state index contributed by atoms with van der Waals surface area (Å²) in [5, 5.41) is 3.92. The molecule has 2 unspecified atom stereocenters. The molecule has 1 aromatic heterocycles. The van der Waals surface area contributed by atoms with Crippen LogP contribution in [0.25, 0.3) is 0 Å². The van der Waals surface area contributed by atoms with Crippen LogP contribution < -0.4 is 5.32 Å². The van der Waals surface area contributed by atoms with E-state index in [1.165, 1.54) is 62.6 Å². The lowest BCUT2D eigenvalue weighted by Crippen LogP contribution is -2.48. The molecule has 116 valence electrons. The molecule has 1 fully saturated rings. The molecule has 2 heteroatoms. The maximum Gasteiger partial charge on any atom is 0.0482 e. The van der Waals surface area contributed by atoms with Crippen molar-refractivity contribution in [3.05, 3.63) is 29.6 Å². The fraction of sp³-hybridized carbons (Fsp3) is 0.737. The molecule has 0 bridgehead atoms. The summed E-state index contributed by atoms with van der Waals surface area (Å²) in [6.07, 6.45) is 12.7. The van der Waals surface area contributed by atoms with Crippen LogP contribution in [0.2, 0.25) is 0 Å². The van der Waals surface area contributed by atoms with Crippen LogP contribution in [0.15, 0.2) is 18.3 Å². The number of nitrogens with zero attached hydrogens (tertiary/aromatic N) is 1. The van der Waals surface area contributed by atoms with Gasteiger partial charge in [-0.2, -0.15) is 0 Å². The highest BCUT2D eigenvalue weighted by atomic mass is 14.9. The highest BCUT2D eigenvalue weighted by molar-refractivity contribution is 5.30. The van der Waals surface area contributed by atoms with Crippen molar-refractivity contribution in [3.63, 3.8) is 0 Å². The predicted molar refractivity (Wildman–Crippen MR) is 88.6 cm³/mol. The van der Waals surface area contributed by atoms with Crippen molar-refractivity contribution in [1.29, 1.82) is 0 Å². The molecule has 21 heavy (non-hydrogen) atoms. The van der Waals surface area contributed by atoms with Crippen molar-refractivity contribution in [2.24, 2.45) is 5.41 Å². The first-order valence-corrected chi connectivity index (χ1v) is 8.92. The molecule has 3 rings (SSSR count). The lowest BCUT2D eigenvalue weighted by atomic mass is 9.66. The van der Waals surface area contributed by atoms with E-state index in [9.17, 15) is 0 Å². The molecular formula is C19H30N2. The van der Waals surface area contributed by atoms with Crippen molar-refractivity contribution >= 4 is 0 Å². The third-order valence-corrected chi connectivity index (χ3v) is 5.77. The summed E-state index contributed by atoms with van der Waals surface area (Å²) in [4.78, 5) is 4.76. The molecule has 2 aliphatic rings. The van der Waals surface area contributed by atoms with Crippen LogP contribution in [0.1, 0.15) is 76.0 Å². The first kappa shape index (κ1) is 15.0. The monoisotopic (exact) mass is 286 g/mol. The first-order chi connectivity index (χ1) is 10.2. The minimum atomic E-state index is 0.456. The van der Waals surface area contributed by atoms with E-state index in [-0.39, 0.29) is 0 Å². The zero-order valence-corrected chi connectivity index (χ0v) is 13.7. The predicted octanol–water partition coefficient (Wildman–Crippen LogP) is 4.45. The average molecular weight is 286 g/mol. The standard InChI is InChI=1S/C19H30N2/c1-3-13-21-18(19(2)11-5-4-6-12-19)16-10-9-15-8-7-14-20-17(15)16/h7-8,14,16,18,21H,3-6,9-13H2,1-2H3. The Labute approximate surface area is 129 Å². The van der Waals surface area contributed by atoms with Gasteiger partial charge in [0.25, 0.3) is 0 Å². The van der Waals surface area contributed by atoms with Crippen LogP contribution >= 0.6 is 0 Å². The van der Waals surface area contributed by atoms with E-state index in [2.05, 4.69) is 31.3 Å². The zero-order chi connectivity index (χ0) is 14.7. The van der Waals surface area contributed by atoms with E-state index in [1.807, 2.05) is 6.20 Å². The van der Waals surface area contributed by atoms with E-state index in [0.29, 0.717) is 17.4 Å². The van der Waals surface area contributed by atoms with Gasteiger partial charge in [0.05, 0.1) is 0 Å². The minimum absolute atomic E-state index is 0.456. The molecule has 0 aliphatic heterocycles. The summed E-state index contributed by atoms with van der Waals surface area (Å²) >= 11 is 0. The van der Waals surface area contributed by atoms with Crippen LogP contribution in [0.3, 0.4) is 0 Å². The van der Waals surface area contributed by atoms with Crippen molar-refractivity contribution in [3.8, 4) is 0 Å². The average Bonchev–Trinajstić information content (AvgIpc) is 2.92. The number of rotatable bonds is 5. The highest BCUT2D eigenvalue weighted by Crippen LogP contribution is 2.46. The molecule has 1 aromatic rings. The van der Waals surface area contributed by atoms with Gasteiger partial charge in [0, 0.05) is 23.9 Å². The molecule has 2 atom stereocenters. The second kappa shape index (κ2) is 6.48. The number of aryl methyl sites for hydroxylation is 1. The van der Waals surface area contributed by atoms with E-state index in [1.54, 1.807) is 0 Å². The van der Waals surface area contributed by atoms with Gasteiger partial charge in [-0.05, 0) is 55.7 Å². The largest absolute Gasteiger partial charge is 0.313 e. The maximum atomic E-state index is 4.76. The lowest BCUT2D eigenvalue weighted by molar-refractivity contribution is 0.123. The van der Waals surface area contributed by atoms with Crippen LogP contribution in [0.5, 0.6) is 0 Å². The fourth-order valence-electron chi connectivity index (χ4n) is 4.61. The molecule has 0 saturated heterocycles. The summed E-state index contributed by atoms with van der Waals surface area (Å²) in [5.74, 6) is 0.621. The number of hydrogen-bond donors (Lipinski definition) is 1. The van der Waals surface area contributed by atoms with Gasteiger partial charge in [0.2, 0.25) is 0 Å². The van der Waals surface area contributed by atoms with Gasteiger partial charge in [-0.3, -0.25) is 4.98 Å². The van der Waals surface area contributed by atoms with Crippen LogP contribution in [0, 0.1) is 5.41 Å². The second-order valence-electron chi connectivity index (χ2n) is 7.34. The van der Waals surface area contributed by atoms with Crippen LogP contribution in [-0.2, 0) is 6.42 Å². The molecule has 1 N–H and O–H groups in total. The Morgan fingerprint density at radius 3 is 2.90 bits per heavy atom. The number of pyridine rings is 1. The van der Waals surface area contributed by atoms with Crippen molar-refractivity contribution in [2.45, 2.75) is 77.2 Å². The van der Waals surface area contributed by atoms with Crippen molar-refractivity contribution in [1.82, 2.24) is 10.3 Å². The van der Waals surface area contributed by atoms with Gasteiger partial charge in [0.15, 0.2) is 0 Å². The number of fused-ring (bicyclic) bond motifs is 1. The normalized spacial score (nSPS) is 25.5. The van der Waals surface area contributed by atoms with Crippen molar-refractivity contribution < 1.29 is 0 Å².